The van der Waals surface area contributed by atoms with Crippen LogP contribution in [0.5, 0.6) is 0 Å². The van der Waals surface area contributed by atoms with Crippen molar-refractivity contribution in [2.24, 2.45) is 11.8 Å². The van der Waals surface area contributed by atoms with Gasteiger partial charge in [0.2, 0.25) is 15.9 Å². The topological polar surface area (TPSA) is 66.5 Å². The summed E-state index contributed by atoms with van der Waals surface area (Å²) >= 11 is 0. The first-order valence-electron chi connectivity index (χ1n) is 9.11. The zero-order chi connectivity index (χ0) is 17.0. The zero-order valence-electron chi connectivity index (χ0n) is 14.8. The number of piperidine rings is 1. The van der Waals surface area contributed by atoms with Gasteiger partial charge in [-0.15, -0.1) is 0 Å². The van der Waals surface area contributed by atoms with Gasteiger partial charge in [-0.25, -0.2) is 12.7 Å². The molecule has 0 aromatic rings. The fourth-order valence-corrected chi connectivity index (χ4v) is 5.53. The minimum absolute atomic E-state index is 0.0472. The van der Waals surface area contributed by atoms with Crippen LogP contribution in [0.4, 0.5) is 0 Å². The lowest BCUT2D eigenvalue weighted by Gasteiger charge is -2.34. The second-order valence-electron chi connectivity index (χ2n) is 7.52. The maximum absolute atomic E-state index is 12.7. The molecule has 1 saturated heterocycles. The van der Waals surface area contributed by atoms with Crippen LogP contribution >= 0.6 is 0 Å². The van der Waals surface area contributed by atoms with E-state index in [1.807, 2.05) is 6.92 Å². The summed E-state index contributed by atoms with van der Waals surface area (Å²) in [6.07, 6.45) is 6.09. The molecule has 0 radical (unpaired) electrons. The van der Waals surface area contributed by atoms with Gasteiger partial charge in [-0.1, -0.05) is 33.1 Å². The number of amides is 1. The van der Waals surface area contributed by atoms with Crippen LogP contribution in [0.1, 0.15) is 65.7 Å². The highest BCUT2D eigenvalue weighted by molar-refractivity contribution is 7.89. The molecule has 1 N–H and O–H groups in total. The molecule has 1 heterocycles. The molecule has 1 aliphatic carbocycles. The van der Waals surface area contributed by atoms with E-state index < -0.39 is 10.0 Å². The largest absolute Gasteiger partial charge is 0.353 e. The second-order valence-corrected chi connectivity index (χ2v) is 9.73. The van der Waals surface area contributed by atoms with Crippen LogP contribution in [-0.4, -0.2) is 43.0 Å². The normalized spacial score (nSPS) is 23.8. The van der Waals surface area contributed by atoms with Crippen molar-refractivity contribution in [1.29, 1.82) is 0 Å². The number of hydrogen-bond acceptors (Lipinski definition) is 3. The lowest BCUT2D eigenvalue weighted by Crippen LogP contribution is -2.48. The van der Waals surface area contributed by atoms with Crippen molar-refractivity contribution in [1.82, 2.24) is 9.62 Å². The first-order valence-corrected chi connectivity index (χ1v) is 10.6. The average Bonchev–Trinajstić information content (AvgIpc) is 2.55. The Balaban J connectivity index is 1.86. The Morgan fingerprint density at radius 3 is 2.09 bits per heavy atom. The van der Waals surface area contributed by atoms with Crippen LogP contribution in [0.3, 0.4) is 0 Å². The van der Waals surface area contributed by atoms with E-state index in [0.29, 0.717) is 31.8 Å². The molecule has 0 aromatic carbocycles. The third-order valence-corrected chi connectivity index (χ3v) is 7.93. The van der Waals surface area contributed by atoms with E-state index in [1.165, 1.54) is 0 Å². The van der Waals surface area contributed by atoms with Crippen molar-refractivity contribution in [3.8, 4) is 0 Å². The molecule has 0 spiro atoms. The summed E-state index contributed by atoms with van der Waals surface area (Å²) in [4.78, 5) is 12.3. The lowest BCUT2D eigenvalue weighted by atomic mass is 9.96. The molecule has 23 heavy (non-hydrogen) atoms. The van der Waals surface area contributed by atoms with Crippen molar-refractivity contribution in [2.75, 3.05) is 13.1 Å². The zero-order valence-corrected chi connectivity index (χ0v) is 15.6. The Morgan fingerprint density at radius 2 is 1.57 bits per heavy atom. The fraction of sp³-hybridized carbons (Fsp3) is 0.941. The predicted octanol–water partition coefficient (Wildman–Crippen LogP) is 2.52. The van der Waals surface area contributed by atoms with Crippen molar-refractivity contribution >= 4 is 15.9 Å². The van der Waals surface area contributed by atoms with Crippen LogP contribution in [0, 0.1) is 11.8 Å². The molecule has 6 heteroatoms. The first kappa shape index (κ1) is 18.7. The van der Waals surface area contributed by atoms with Crippen LogP contribution in [0.2, 0.25) is 0 Å². The number of carbonyl (C=O) groups excluding carboxylic acids is 1. The number of rotatable bonds is 5. The summed E-state index contributed by atoms with van der Waals surface area (Å²) in [5, 5.41) is 2.87. The number of carbonyl (C=O) groups is 1. The van der Waals surface area contributed by atoms with E-state index in [1.54, 1.807) is 4.31 Å². The Labute approximate surface area is 141 Å². The molecule has 1 saturated carbocycles. The van der Waals surface area contributed by atoms with Crippen LogP contribution in [0.25, 0.3) is 0 Å². The molecule has 0 bridgehead atoms. The average molecular weight is 345 g/mol. The minimum atomic E-state index is -3.17. The van der Waals surface area contributed by atoms with E-state index in [9.17, 15) is 13.2 Å². The molecular weight excluding hydrogens is 312 g/mol. The van der Waals surface area contributed by atoms with Crippen molar-refractivity contribution in [3.63, 3.8) is 0 Å². The number of hydrogen-bond donors (Lipinski definition) is 1. The van der Waals surface area contributed by atoms with E-state index >= 15 is 0 Å². The summed E-state index contributed by atoms with van der Waals surface area (Å²) in [5.74, 6) is 0.445. The first-order chi connectivity index (χ1) is 10.8. The van der Waals surface area contributed by atoms with E-state index in [2.05, 4.69) is 19.2 Å². The molecule has 0 aromatic heterocycles. The van der Waals surface area contributed by atoms with E-state index in [0.717, 1.165) is 32.1 Å². The predicted molar refractivity (Wildman–Crippen MR) is 92.5 cm³/mol. The number of sulfonamides is 1. The summed E-state index contributed by atoms with van der Waals surface area (Å²) in [5.41, 5.74) is 0. The van der Waals surface area contributed by atoms with Crippen molar-refractivity contribution < 1.29 is 13.2 Å². The maximum Gasteiger partial charge on any atom is 0.223 e. The lowest BCUT2D eigenvalue weighted by molar-refractivity contribution is -0.127. The summed E-state index contributed by atoms with van der Waals surface area (Å²) in [6.45, 7) is 7.18. The molecule has 1 aliphatic heterocycles. The van der Waals surface area contributed by atoms with Crippen molar-refractivity contribution in [3.05, 3.63) is 0 Å². The maximum atomic E-state index is 12.7. The van der Waals surface area contributed by atoms with Gasteiger partial charge in [0, 0.05) is 25.0 Å². The monoisotopic (exact) mass is 344 g/mol. The van der Waals surface area contributed by atoms with Gasteiger partial charge in [-0.3, -0.25) is 4.79 Å². The summed E-state index contributed by atoms with van der Waals surface area (Å²) in [7, 11) is -3.17. The molecule has 1 atom stereocenters. The highest BCUT2D eigenvalue weighted by Crippen LogP contribution is 2.29. The SMILES string of the molecule is CC(C)[C@@H](C)NC(=O)C1CCN(S(=O)(=O)C2CCCCC2)CC1. The smallest absolute Gasteiger partial charge is 0.223 e. The second kappa shape index (κ2) is 7.97. The van der Waals surface area contributed by atoms with E-state index in [-0.39, 0.29) is 23.1 Å². The Morgan fingerprint density at radius 1 is 1.00 bits per heavy atom. The minimum Gasteiger partial charge on any atom is -0.353 e. The summed E-state index contributed by atoms with van der Waals surface area (Å²) in [6, 6.07) is 0.159. The van der Waals surface area contributed by atoms with Gasteiger partial charge in [0.15, 0.2) is 0 Å². The Bertz CT molecular complexity index is 490. The third-order valence-electron chi connectivity index (χ3n) is 5.53. The molecule has 134 valence electrons. The van der Waals surface area contributed by atoms with Crippen LogP contribution in [-0.2, 0) is 14.8 Å². The van der Waals surface area contributed by atoms with Gasteiger partial charge >= 0.3 is 0 Å². The quantitative estimate of drug-likeness (QED) is 0.833. The molecule has 1 amide bonds. The molecule has 2 fully saturated rings. The van der Waals surface area contributed by atoms with Gasteiger partial charge in [0.1, 0.15) is 0 Å². The van der Waals surface area contributed by atoms with Crippen LogP contribution < -0.4 is 5.32 Å². The molecule has 2 rings (SSSR count). The van der Waals surface area contributed by atoms with Gasteiger partial charge in [0.05, 0.1) is 5.25 Å². The van der Waals surface area contributed by atoms with Gasteiger partial charge in [-0.2, -0.15) is 0 Å². The molecule has 5 nitrogen and oxygen atoms in total. The van der Waals surface area contributed by atoms with Crippen molar-refractivity contribution in [2.45, 2.75) is 77.0 Å². The Hall–Kier alpha value is -0.620. The van der Waals surface area contributed by atoms with Gasteiger partial charge < -0.3 is 5.32 Å². The fourth-order valence-electron chi connectivity index (χ4n) is 3.46. The molecule has 0 unspecified atom stereocenters. The van der Waals surface area contributed by atoms with Gasteiger partial charge in [-0.05, 0) is 38.5 Å². The number of nitrogens with one attached hydrogen (secondary N) is 1. The van der Waals surface area contributed by atoms with Crippen LogP contribution in [0.15, 0.2) is 0 Å². The Kier molecular flexibility index (Phi) is 6.48. The molecular formula is C17H32N2O3S. The molecule has 2 aliphatic rings. The number of nitrogens with zero attached hydrogens (tertiary/aromatic N) is 1. The third kappa shape index (κ3) is 4.69. The van der Waals surface area contributed by atoms with E-state index in [4.69, 9.17) is 0 Å². The highest BCUT2D eigenvalue weighted by atomic mass is 32.2. The highest BCUT2D eigenvalue weighted by Gasteiger charge is 2.36. The standard InChI is InChI=1S/C17H32N2O3S/c1-13(2)14(3)18-17(20)15-9-11-19(12-10-15)23(21,22)16-7-5-4-6-8-16/h13-16H,4-12H2,1-3H3,(H,18,20)/t14-/m1/s1. The summed E-state index contributed by atoms with van der Waals surface area (Å²) < 4.78 is 27.1. The van der Waals surface area contributed by atoms with Gasteiger partial charge in [0.25, 0.3) is 0 Å².